The van der Waals surface area contributed by atoms with Crippen molar-refractivity contribution in [2.24, 2.45) is 0 Å². The lowest BCUT2D eigenvalue weighted by Gasteiger charge is -2.45. The van der Waals surface area contributed by atoms with Gasteiger partial charge in [-0.3, -0.25) is 0 Å². The Balaban J connectivity index is 1.61. The molecule has 3 heteroatoms. The van der Waals surface area contributed by atoms with Gasteiger partial charge in [-0.15, -0.1) is 0 Å². The Kier molecular flexibility index (Phi) is 6.40. The predicted octanol–water partition coefficient (Wildman–Crippen LogP) is 5.38. The summed E-state index contributed by atoms with van der Waals surface area (Å²) in [6.07, 6.45) is 4.49. The van der Waals surface area contributed by atoms with Crippen molar-refractivity contribution >= 4 is 16.8 Å². The summed E-state index contributed by atoms with van der Waals surface area (Å²) in [6.45, 7) is 7.82. The first-order chi connectivity index (χ1) is 14.2. The van der Waals surface area contributed by atoms with Crippen LogP contribution < -0.4 is 0 Å². The molecule has 0 radical (unpaired) electrons. The first-order valence-electron chi connectivity index (χ1n) is 10.5. The molecule has 1 aliphatic rings. The average Bonchev–Trinajstić information content (AvgIpc) is 2.74. The third kappa shape index (κ3) is 4.76. The highest BCUT2D eigenvalue weighted by molar-refractivity contribution is 5.85. The summed E-state index contributed by atoms with van der Waals surface area (Å²) in [6, 6.07) is 26.5. The smallest absolute Gasteiger partial charge is 0.0634 e. The van der Waals surface area contributed by atoms with Crippen LogP contribution in [0.1, 0.15) is 25.0 Å². The third-order valence-electron chi connectivity index (χ3n) is 5.61. The van der Waals surface area contributed by atoms with E-state index < -0.39 is 0 Å². The maximum Gasteiger partial charge on any atom is 0.0634 e. The van der Waals surface area contributed by atoms with E-state index in [0.29, 0.717) is 12.1 Å². The molecule has 0 aliphatic carbocycles. The van der Waals surface area contributed by atoms with Crippen LogP contribution in [0.2, 0.25) is 0 Å². The van der Waals surface area contributed by atoms with Gasteiger partial charge in [0.25, 0.3) is 0 Å². The standard InChI is InChI=1S/C26H30N2O/c1-21-19-29-20-22(2)28(21)27(17-9-12-23-10-4-3-5-11-23)18-25-15-8-14-24-13-6-7-16-26(24)25/h3-16,21-22H,17-20H2,1-2H3/b12-9+. The van der Waals surface area contributed by atoms with Gasteiger partial charge in [0.2, 0.25) is 0 Å². The van der Waals surface area contributed by atoms with Crippen molar-refractivity contribution in [3.05, 3.63) is 90.0 Å². The van der Waals surface area contributed by atoms with Gasteiger partial charge in [-0.05, 0) is 35.7 Å². The van der Waals surface area contributed by atoms with Gasteiger partial charge in [-0.25, -0.2) is 10.0 Å². The molecule has 0 bridgehead atoms. The SMILES string of the molecule is CC1COCC(C)N1N(C/C=C/c1ccccc1)Cc1cccc2ccccc12. The van der Waals surface area contributed by atoms with Crippen LogP contribution in [-0.4, -0.2) is 41.9 Å². The first kappa shape index (κ1) is 19.8. The molecular weight excluding hydrogens is 356 g/mol. The fraction of sp³-hybridized carbons (Fsp3) is 0.308. The summed E-state index contributed by atoms with van der Waals surface area (Å²) in [5.74, 6) is 0. The molecule has 0 aromatic heterocycles. The van der Waals surface area contributed by atoms with E-state index >= 15 is 0 Å². The van der Waals surface area contributed by atoms with Gasteiger partial charge in [0.15, 0.2) is 0 Å². The Morgan fingerprint density at radius 2 is 1.59 bits per heavy atom. The van der Waals surface area contributed by atoms with E-state index in [1.54, 1.807) is 0 Å². The summed E-state index contributed by atoms with van der Waals surface area (Å²) in [5.41, 5.74) is 2.60. The highest BCUT2D eigenvalue weighted by atomic mass is 16.5. The number of benzene rings is 3. The molecule has 2 unspecified atom stereocenters. The van der Waals surface area contributed by atoms with Gasteiger partial charge < -0.3 is 4.74 Å². The number of ether oxygens (including phenoxy) is 1. The van der Waals surface area contributed by atoms with Gasteiger partial charge in [0.05, 0.1) is 13.2 Å². The molecule has 3 nitrogen and oxygen atoms in total. The zero-order chi connectivity index (χ0) is 20.1. The lowest BCUT2D eigenvalue weighted by atomic mass is 10.0. The van der Waals surface area contributed by atoms with Crippen LogP contribution in [0.3, 0.4) is 0 Å². The fourth-order valence-electron chi connectivity index (χ4n) is 4.30. The van der Waals surface area contributed by atoms with Crippen molar-refractivity contribution in [3.63, 3.8) is 0 Å². The van der Waals surface area contributed by atoms with Gasteiger partial charge in [0.1, 0.15) is 0 Å². The highest BCUT2D eigenvalue weighted by Crippen LogP contribution is 2.24. The van der Waals surface area contributed by atoms with Gasteiger partial charge in [-0.2, -0.15) is 0 Å². The molecular formula is C26H30N2O. The molecule has 1 saturated heterocycles. The van der Waals surface area contributed by atoms with E-state index in [1.807, 2.05) is 0 Å². The van der Waals surface area contributed by atoms with E-state index in [0.717, 1.165) is 26.3 Å². The van der Waals surface area contributed by atoms with Crippen LogP contribution in [0.15, 0.2) is 78.9 Å². The number of fused-ring (bicyclic) bond motifs is 1. The van der Waals surface area contributed by atoms with Gasteiger partial charge in [0, 0.05) is 25.2 Å². The maximum absolute atomic E-state index is 5.78. The Labute approximate surface area is 174 Å². The van der Waals surface area contributed by atoms with Crippen LogP contribution in [0.4, 0.5) is 0 Å². The van der Waals surface area contributed by atoms with Crippen molar-refractivity contribution < 1.29 is 4.74 Å². The highest BCUT2D eigenvalue weighted by Gasteiger charge is 2.30. The number of hydrogen-bond donors (Lipinski definition) is 0. The average molecular weight is 387 g/mol. The number of morpholine rings is 1. The van der Waals surface area contributed by atoms with E-state index in [2.05, 4.69) is 109 Å². The second-order valence-corrected chi connectivity index (χ2v) is 7.91. The Hall–Kier alpha value is -2.46. The monoisotopic (exact) mass is 386 g/mol. The normalized spacial score (nSPS) is 20.7. The quantitative estimate of drug-likeness (QED) is 0.566. The molecule has 0 N–H and O–H groups in total. The summed E-state index contributed by atoms with van der Waals surface area (Å²) >= 11 is 0. The predicted molar refractivity (Wildman–Crippen MR) is 121 cm³/mol. The number of nitrogens with zero attached hydrogens (tertiary/aromatic N) is 2. The van der Waals surface area contributed by atoms with E-state index in [-0.39, 0.29) is 0 Å². The second kappa shape index (κ2) is 9.36. The minimum absolute atomic E-state index is 0.360. The zero-order valence-corrected chi connectivity index (χ0v) is 17.4. The number of hydrazine groups is 1. The minimum Gasteiger partial charge on any atom is -0.378 e. The molecule has 0 spiro atoms. The molecule has 0 saturated carbocycles. The molecule has 1 heterocycles. The lowest BCUT2D eigenvalue weighted by Crippen LogP contribution is -2.57. The summed E-state index contributed by atoms with van der Waals surface area (Å²) < 4.78 is 5.78. The lowest BCUT2D eigenvalue weighted by molar-refractivity contribution is -0.154. The van der Waals surface area contributed by atoms with E-state index in [9.17, 15) is 0 Å². The number of rotatable bonds is 6. The summed E-state index contributed by atoms with van der Waals surface area (Å²) in [4.78, 5) is 0. The summed E-state index contributed by atoms with van der Waals surface area (Å²) in [7, 11) is 0. The van der Waals surface area contributed by atoms with Crippen molar-refractivity contribution in [1.29, 1.82) is 0 Å². The third-order valence-corrected chi connectivity index (χ3v) is 5.61. The Morgan fingerprint density at radius 1 is 0.897 bits per heavy atom. The molecule has 3 aromatic rings. The van der Waals surface area contributed by atoms with Crippen LogP contribution >= 0.6 is 0 Å². The fourth-order valence-corrected chi connectivity index (χ4v) is 4.30. The molecule has 4 rings (SSSR count). The van der Waals surface area contributed by atoms with Crippen LogP contribution in [-0.2, 0) is 11.3 Å². The van der Waals surface area contributed by atoms with Crippen LogP contribution in [0.25, 0.3) is 16.8 Å². The van der Waals surface area contributed by atoms with Crippen LogP contribution in [0, 0.1) is 0 Å². The molecule has 1 aliphatic heterocycles. The maximum atomic E-state index is 5.78. The number of hydrogen-bond acceptors (Lipinski definition) is 3. The Morgan fingerprint density at radius 3 is 2.38 bits per heavy atom. The molecule has 2 atom stereocenters. The van der Waals surface area contributed by atoms with Crippen molar-refractivity contribution in [3.8, 4) is 0 Å². The first-order valence-corrected chi connectivity index (χ1v) is 10.5. The molecule has 29 heavy (non-hydrogen) atoms. The Bertz CT molecular complexity index is 938. The molecule has 1 fully saturated rings. The molecule has 0 amide bonds. The topological polar surface area (TPSA) is 15.7 Å². The largest absolute Gasteiger partial charge is 0.378 e. The van der Waals surface area contributed by atoms with Crippen LogP contribution in [0.5, 0.6) is 0 Å². The summed E-state index contributed by atoms with van der Waals surface area (Å²) in [5, 5.41) is 7.63. The zero-order valence-electron chi connectivity index (χ0n) is 17.4. The molecule has 150 valence electrons. The van der Waals surface area contributed by atoms with Gasteiger partial charge >= 0.3 is 0 Å². The van der Waals surface area contributed by atoms with Crippen molar-refractivity contribution in [2.45, 2.75) is 32.5 Å². The van der Waals surface area contributed by atoms with Crippen molar-refractivity contribution in [1.82, 2.24) is 10.0 Å². The second-order valence-electron chi connectivity index (χ2n) is 7.91. The van der Waals surface area contributed by atoms with E-state index in [1.165, 1.54) is 21.9 Å². The van der Waals surface area contributed by atoms with E-state index in [4.69, 9.17) is 4.74 Å². The minimum atomic E-state index is 0.360. The van der Waals surface area contributed by atoms with Gasteiger partial charge in [-0.1, -0.05) is 84.9 Å². The molecule has 3 aromatic carbocycles. The van der Waals surface area contributed by atoms with Crippen molar-refractivity contribution in [2.75, 3.05) is 19.8 Å².